The van der Waals surface area contributed by atoms with E-state index in [9.17, 15) is 26.3 Å². The molecule has 0 bridgehead atoms. The minimum atomic E-state index is -4.47. The summed E-state index contributed by atoms with van der Waals surface area (Å²) < 4.78 is 64.7. The van der Waals surface area contributed by atoms with Crippen LogP contribution in [-0.2, 0) is 0 Å². The predicted molar refractivity (Wildman–Crippen MR) is 38.3 cm³/mol. The quantitative estimate of drug-likeness (QED) is 0.459. The molecule has 0 heterocycles. The Hall–Kier alpha value is 0.450. The van der Waals surface area contributed by atoms with Crippen LogP contribution in [0.3, 0.4) is 0 Å². The van der Waals surface area contributed by atoms with Crippen LogP contribution in [0.25, 0.3) is 0 Å². The second-order valence-electron chi connectivity index (χ2n) is 1.59. The van der Waals surface area contributed by atoms with Gasteiger partial charge in [0.25, 0.3) is 0 Å². The molecule has 0 aromatic rings. The lowest BCUT2D eigenvalue weighted by atomic mass is 10.8. The number of rotatable bonds is 0. The summed E-state index contributed by atoms with van der Waals surface area (Å²) in [6.07, 6.45) is -8.66. The van der Waals surface area contributed by atoms with Crippen LogP contribution in [0.1, 0.15) is 0 Å². The molecule has 0 aliphatic heterocycles. The number of hydrogen-bond donors (Lipinski definition) is 0. The van der Waals surface area contributed by atoms with Gasteiger partial charge in [0, 0.05) is 0 Å². The highest BCUT2D eigenvalue weighted by molar-refractivity contribution is 6.44. The summed E-state index contributed by atoms with van der Waals surface area (Å²) in [7, 11) is 0. The zero-order valence-electron chi connectivity index (χ0n) is 5.69. The molecule has 0 saturated heterocycles. The van der Waals surface area contributed by atoms with Crippen LogP contribution < -0.4 is 0 Å². The van der Waals surface area contributed by atoms with Gasteiger partial charge in [-0.2, -0.15) is 26.3 Å². The molecule has 0 aromatic heterocycles. The molecule has 0 rings (SSSR count). The van der Waals surface area contributed by atoms with Crippen molar-refractivity contribution in [1.29, 1.82) is 0 Å². The topological polar surface area (TPSA) is 0 Å². The summed E-state index contributed by atoms with van der Waals surface area (Å²) >= 11 is 13.1. The second kappa shape index (κ2) is 6.03. The van der Waals surface area contributed by atoms with E-state index in [1.165, 1.54) is 0 Å². The highest BCUT2D eigenvalue weighted by Gasteiger charge is 2.36. The Labute approximate surface area is 84.7 Å². The van der Waals surface area contributed by atoms with Crippen LogP contribution in [0.4, 0.5) is 26.3 Å². The molecule has 0 aliphatic carbocycles. The molecule has 82 valence electrons. The number of hydrogen-bond acceptors (Lipinski definition) is 0. The van der Waals surface area contributed by atoms with Gasteiger partial charge in [0.2, 0.25) is 4.84 Å². The van der Waals surface area contributed by atoms with E-state index in [4.69, 9.17) is 0 Å². The SMILES string of the molecule is FC(F)(F)C(Cl)Cl.FC(F)(F)CCl. The van der Waals surface area contributed by atoms with Crippen molar-refractivity contribution < 1.29 is 26.3 Å². The molecule has 9 heteroatoms. The summed E-state index contributed by atoms with van der Waals surface area (Å²) in [5.74, 6) is -1.26. The van der Waals surface area contributed by atoms with Crippen molar-refractivity contribution in [3.8, 4) is 0 Å². The maximum Gasteiger partial charge on any atom is 0.418 e. The van der Waals surface area contributed by atoms with Gasteiger partial charge in [-0.15, -0.1) is 11.6 Å². The molecule has 0 N–H and O–H groups in total. The van der Waals surface area contributed by atoms with Gasteiger partial charge < -0.3 is 0 Å². The van der Waals surface area contributed by atoms with Gasteiger partial charge in [0.1, 0.15) is 5.88 Å². The molecular weight excluding hydrogens is 268 g/mol. The monoisotopic (exact) mass is 270 g/mol. The zero-order valence-corrected chi connectivity index (χ0v) is 7.95. The van der Waals surface area contributed by atoms with E-state index in [0.717, 1.165) is 0 Å². The fraction of sp³-hybridized carbons (Fsp3) is 1.00. The predicted octanol–water partition coefficient (Wildman–Crippen LogP) is 4.14. The fourth-order valence-corrected chi connectivity index (χ4v) is 0. The summed E-state index contributed by atoms with van der Waals surface area (Å²) in [5.41, 5.74) is 0. The largest absolute Gasteiger partial charge is 0.418 e. The fourth-order valence-electron chi connectivity index (χ4n) is 0. The Bertz CT molecular complexity index is 127. The Kier molecular flexibility index (Phi) is 7.38. The van der Waals surface area contributed by atoms with Crippen molar-refractivity contribution >= 4 is 34.8 Å². The van der Waals surface area contributed by atoms with E-state index in [2.05, 4.69) is 34.8 Å². The summed E-state index contributed by atoms with van der Waals surface area (Å²) in [6.45, 7) is 0. The molecule has 0 fully saturated rings. The van der Waals surface area contributed by atoms with E-state index < -0.39 is 23.1 Å². The molecule has 0 aromatic carbocycles. The van der Waals surface area contributed by atoms with Gasteiger partial charge in [-0.25, -0.2) is 0 Å². The van der Waals surface area contributed by atoms with Gasteiger partial charge >= 0.3 is 12.4 Å². The van der Waals surface area contributed by atoms with Crippen LogP contribution in [-0.4, -0.2) is 23.1 Å². The van der Waals surface area contributed by atoms with Gasteiger partial charge in [-0.1, -0.05) is 23.2 Å². The molecule has 0 unspecified atom stereocenters. The van der Waals surface area contributed by atoms with E-state index in [1.54, 1.807) is 0 Å². The standard InChI is InChI=1S/C2HCl2F3.C2H2ClF3/c3-1(4)2(5,6)7;3-1-2(4,5)6/h1H;1H2. The average Bonchev–Trinajstić information content (AvgIpc) is 1.85. The molecule has 0 radical (unpaired) electrons. The van der Waals surface area contributed by atoms with Crippen LogP contribution >= 0.6 is 34.8 Å². The normalized spacial score (nSPS) is 12.5. The van der Waals surface area contributed by atoms with E-state index >= 15 is 0 Å². The van der Waals surface area contributed by atoms with E-state index in [0.29, 0.717) is 0 Å². The third-order valence-corrected chi connectivity index (χ3v) is 1.20. The lowest BCUT2D eigenvalue weighted by molar-refractivity contribution is -0.115. The summed E-state index contributed by atoms with van der Waals surface area (Å²) in [6, 6.07) is 0. The molecule has 0 aliphatic rings. The summed E-state index contributed by atoms with van der Waals surface area (Å²) in [4.78, 5) is -2.26. The maximum atomic E-state index is 10.9. The van der Waals surface area contributed by atoms with Gasteiger partial charge in [0.15, 0.2) is 0 Å². The van der Waals surface area contributed by atoms with Crippen LogP contribution in [0.15, 0.2) is 0 Å². The Morgan fingerprint density at radius 2 is 1.08 bits per heavy atom. The van der Waals surface area contributed by atoms with Crippen molar-refractivity contribution in [2.45, 2.75) is 17.2 Å². The van der Waals surface area contributed by atoms with Crippen molar-refractivity contribution in [1.82, 2.24) is 0 Å². The first-order chi connectivity index (χ1) is 5.50. The first-order valence-electron chi connectivity index (χ1n) is 2.48. The molecular formula is C4H3Cl3F6. The molecule has 13 heavy (non-hydrogen) atoms. The lowest BCUT2D eigenvalue weighted by Gasteiger charge is -2.03. The van der Waals surface area contributed by atoms with Crippen molar-refractivity contribution in [3.63, 3.8) is 0 Å². The Balaban J connectivity index is 0. The second-order valence-corrected chi connectivity index (χ2v) is 2.95. The molecule has 0 nitrogen and oxygen atoms in total. The van der Waals surface area contributed by atoms with Crippen molar-refractivity contribution in [2.24, 2.45) is 0 Å². The van der Waals surface area contributed by atoms with E-state index in [1.807, 2.05) is 0 Å². The minimum Gasteiger partial charge on any atom is -0.170 e. The molecule has 0 amide bonds. The maximum absolute atomic E-state index is 10.9. The third kappa shape index (κ3) is 15.2. The highest BCUT2D eigenvalue weighted by atomic mass is 35.5. The first-order valence-corrected chi connectivity index (χ1v) is 3.89. The van der Waals surface area contributed by atoms with Crippen molar-refractivity contribution in [2.75, 3.05) is 5.88 Å². The van der Waals surface area contributed by atoms with Crippen LogP contribution in [0, 0.1) is 0 Å². The van der Waals surface area contributed by atoms with Crippen molar-refractivity contribution in [3.05, 3.63) is 0 Å². The highest BCUT2D eigenvalue weighted by Crippen LogP contribution is 2.27. The zero-order chi connectivity index (χ0) is 11.3. The average molecular weight is 271 g/mol. The molecule has 0 atom stereocenters. The van der Waals surface area contributed by atoms with Gasteiger partial charge in [0.05, 0.1) is 0 Å². The lowest BCUT2D eigenvalue weighted by Crippen LogP contribution is -2.16. The van der Waals surface area contributed by atoms with E-state index in [-0.39, 0.29) is 0 Å². The van der Waals surface area contributed by atoms with Gasteiger partial charge in [-0.3, -0.25) is 0 Å². The number of halogens is 9. The Morgan fingerprint density at radius 3 is 1.08 bits per heavy atom. The number of alkyl halides is 9. The first kappa shape index (κ1) is 15.9. The van der Waals surface area contributed by atoms with Gasteiger partial charge in [-0.05, 0) is 0 Å². The minimum absolute atomic E-state index is 1.26. The molecule has 0 saturated carbocycles. The molecule has 0 spiro atoms. The van der Waals surface area contributed by atoms with Crippen LogP contribution in [0.2, 0.25) is 0 Å². The summed E-state index contributed by atoms with van der Waals surface area (Å²) in [5, 5.41) is 0. The van der Waals surface area contributed by atoms with Crippen LogP contribution in [0.5, 0.6) is 0 Å². The third-order valence-electron chi connectivity index (χ3n) is 0.399. The smallest absolute Gasteiger partial charge is 0.170 e. The Morgan fingerprint density at radius 1 is 0.923 bits per heavy atom.